The molecule has 0 radical (unpaired) electrons. The van der Waals surface area contributed by atoms with Crippen LogP contribution in [0.15, 0.2) is 152 Å². The zero-order valence-corrected chi connectivity index (χ0v) is 45.1. The minimum absolute atomic E-state index is 0.0108. The number of thiocarbonyl (C=S) groups is 1. The molecule has 5 nitrogen and oxygen atoms in total. The lowest BCUT2D eigenvalue weighted by molar-refractivity contribution is -0.134. The van der Waals surface area contributed by atoms with Crippen LogP contribution in [0, 0.1) is 29.1 Å². The number of carbonyl (C=O) groups excluding carboxylic acids is 2. The van der Waals surface area contributed by atoms with Crippen molar-refractivity contribution in [3.05, 3.63) is 209 Å². The van der Waals surface area contributed by atoms with Crippen molar-refractivity contribution in [3.8, 4) is 5.75 Å². The van der Waals surface area contributed by atoms with Crippen molar-refractivity contribution >= 4 is 77.9 Å². The van der Waals surface area contributed by atoms with E-state index in [0.29, 0.717) is 41.4 Å². The van der Waals surface area contributed by atoms with Gasteiger partial charge in [0, 0.05) is 24.6 Å². The number of hydrogen-bond acceptors (Lipinski definition) is 9. The minimum atomic E-state index is -2.34. The molecular weight excluding hydrogens is 1020 g/mol. The largest absolute Gasteiger partial charge is 0.419 e. The molecule has 0 saturated heterocycles. The number of carbonyl (C=O) groups is 2. The van der Waals surface area contributed by atoms with Gasteiger partial charge in [0.25, 0.3) is 0 Å². The van der Waals surface area contributed by atoms with E-state index < -0.39 is 46.1 Å². The molecule has 3 N–H and O–H groups in total. The zero-order chi connectivity index (χ0) is 52.8. The quantitative estimate of drug-likeness (QED) is 0.00997. The molecule has 6 rings (SSSR count). The lowest BCUT2D eigenvalue weighted by Crippen LogP contribution is -2.34. The van der Waals surface area contributed by atoms with Gasteiger partial charge in [0.1, 0.15) is 5.25 Å². The van der Waals surface area contributed by atoms with E-state index in [1.54, 1.807) is 30.3 Å². The van der Waals surface area contributed by atoms with Gasteiger partial charge in [-0.15, -0.1) is 0 Å². The Morgan fingerprint density at radius 1 is 0.611 bits per heavy atom. The number of nitrogens with two attached hydrogens (primary N) is 1. The summed E-state index contributed by atoms with van der Waals surface area (Å²) >= 11 is 19.1. The SMILES string of the molecule is CC(C)(CC(CC(S)C(=O)NCCS)c1ccccc1)c1ccccc1.CC(C)(CC(CC(SC(=S)c1ccccc1)C(=O)Oc1c(F)c(F)c(F)c(F)c1F)c1ccccc1)c1ccccc1.NCCS. The van der Waals surface area contributed by atoms with Crippen LogP contribution in [0.25, 0.3) is 0 Å². The highest BCUT2D eigenvalue weighted by Gasteiger charge is 2.36. The van der Waals surface area contributed by atoms with E-state index in [4.69, 9.17) is 22.7 Å². The molecule has 15 heteroatoms. The molecule has 384 valence electrons. The maximum atomic E-state index is 14.5. The lowest BCUT2D eigenvalue weighted by Gasteiger charge is -2.32. The number of halogens is 5. The zero-order valence-electron chi connectivity index (χ0n) is 40.8. The highest BCUT2D eigenvalue weighted by Crippen LogP contribution is 2.41. The van der Waals surface area contributed by atoms with Gasteiger partial charge in [0.15, 0.2) is 0 Å². The van der Waals surface area contributed by atoms with E-state index in [-0.39, 0.29) is 40.2 Å². The van der Waals surface area contributed by atoms with Gasteiger partial charge in [0.2, 0.25) is 40.7 Å². The first kappa shape index (κ1) is 59.9. The lowest BCUT2D eigenvalue weighted by atomic mass is 9.74. The van der Waals surface area contributed by atoms with Crippen LogP contribution in [0.1, 0.15) is 93.0 Å². The fourth-order valence-electron chi connectivity index (χ4n) is 8.11. The molecule has 0 heterocycles. The van der Waals surface area contributed by atoms with Crippen LogP contribution in [0.4, 0.5) is 22.0 Å². The number of amides is 1. The molecule has 0 aliphatic carbocycles. The molecule has 0 fully saturated rings. The number of thioether (sulfide) groups is 1. The summed E-state index contributed by atoms with van der Waals surface area (Å²) in [5.41, 5.74) is 9.79. The molecule has 1 amide bonds. The Morgan fingerprint density at radius 2 is 0.986 bits per heavy atom. The van der Waals surface area contributed by atoms with Crippen molar-refractivity contribution in [2.45, 2.75) is 86.5 Å². The second-order valence-electron chi connectivity index (χ2n) is 18.2. The van der Waals surface area contributed by atoms with Crippen LogP contribution in [-0.4, -0.2) is 51.2 Å². The monoisotopic (exact) mass is 1080 g/mol. The molecule has 6 aromatic carbocycles. The van der Waals surface area contributed by atoms with E-state index in [1.807, 2.05) is 72.8 Å². The molecule has 72 heavy (non-hydrogen) atoms. The molecule has 0 aliphatic heterocycles. The molecule has 0 aromatic heterocycles. The average Bonchev–Trinajstić information content (AvgIpc) is 3.40. The van der Waals surface area contributed by atoms with Crippen molar-refractivity contribution in [1.82, 2.24) is 5.32 Å². The van der Waals surface area contributed by atoms with Crippen LogP contribution < -0.4 is 15.8 Å². The van der Waals surface area contributed by atoms with Crippen molar-refractivity contribution in [2.75, 3.05) is 24.6 Å². The molecule has 6 aromatic rings. The third kappa shape index (κ3) is 18.1. The van der Waals surface area contributed by atoms with Crippen LogP contribution in [0.5, 0.6) is 5.75 Å². The van der Waals surface area contributed by atoms with Crippen molar-refractivity contribution in [3.63, 3.8) is 0 Å². The Morgan fingerprint density at radius 3 is 1.39 bits per heavy atom. The van der Waals surface area contributed by atoms with Gasteiger partial charge in [-0.3, -0.25) is 9.59 Å². The highest BCUT2D eigenvalue weighted by atomic mass is 32.2. The van der Waals surface area contributed by atoms with Gasteiger partial charge in [-0.2, -0.15) is 46.7 Å². The fourth-order valence-corrected chi connectivity index (χ4v) is 10.1. The van der Waals surface area contributed by atoms with Gasteiger partial charge in [-0.05, 0) is 76.2 Å². The summed E-state index contributed by atoms with van der Waals surface area (Å²) in [5, 5.41) is 1.42. The topological polar surface area (TPSA) is 81.4 Å². The van der Waals surface area contributed by atoms with Gasteiger partial charge < -0.3 is 15.8 Å². The maximum absolute atomic E-state index is 14.5. The van der Waals surface area contributed by atoms with Gasteiger partial charge in [-0.25, -0.2) is 13.2 Å². The normalized spacial score (nSPS) is 13.0. The molecular formula is C57H63F5N2O3S5. The molecule has 4 unspecified atom stereocenters. The molecule has 0 aliphatic rings. The predicted molar refractivity (Wildman–Crippen MR) is 300 cm³/mol. The summed E-state index contributed by atoms with van der Waals surface area (Å²) in [6.07, 6.45) is 2.33. The molecule has 4 atom stereocenters. The second-order valence-corrected chi connectivity index (χ2v) is 21.6. The summed E-state index contributed by atoms with van der Waals surface area (Å²) in [6, 6.07) is 49.1. The Kier molecular flexibility index (Phi) is 24.9. The van der Waals surface area contributed by atoms with Gasteiger partial charge in [0.05, 0.1) is 9.45 Å². The Balaban J connectivity index is 0.000000320. The first-order valence-electron chi connectivity index (χ1n) is 23.4. The highest BCUT2D eigenvalue weighted by molar-refractivity contribution is 8.24. The Hall–Kier alpha value is -4.64. The summed E-state index contributed by atoms with van der Waals surface area (Å²) in [7, 11) is 0. The number of esters is 1. The molecule has 0 spiro atoms. The van der Waals surface area contributed by atoms with Crippen molar-refractivity contribution < 1.29 is 36.3 Å². The summed E-state index contributed by atoms with van der Waals surface area (Å²) < 4.78 is 75.6. The van der Waals surface area contributed by atoms with Gasteiger partial charge in [-0.1, -0.05) is 203 Å². The van der Waals surface area contributed by atoms with Crippen molar-refractivity contribution in [2.24, 2.45) is 5.73 Å². The second kappa shape index (κ2) is 29.9. The number of nitrogens with one attached hydrogen (secondary N) is 1. The predicted octanol–water partition coefficient (Wildman–Crippen LogP) is 14.1. The fraction of sp³-hybridized carbons (Fsp3) is 0.316. The van der Waals surface area contributed by atoms with Crippen LogP contribution >= 0.6 is 61.9 Å². The average molecular weight is 1080 g/mol. The maximum Gasteiger partial charge on any atom is 0.325 e. The van der Waals surface area contributed by atoms with E-state index in [1.165, 1.54) is 11.1 Å². The van der Waals surface area contributed by atoms with E-state index in [2.05, 4.69) is 119 Å². The summed E-state index contributed by atoms with van der Waals surface area (Å²) in [5.74, 6) is -12.6. The van der Waals surface area contributed by atoms with Crippen LogP contribution in [0.3, 0.4) is 0 Å². The third-order valence-corrected chi connectivity index (χ3v) is 14.5. The summed E-state index contributed by atoms with van der Waals surface area (Å²) in [4.78, 5) is 25.8. The van der Waals surface area contributed by atoms with Gasteiger partial charge >= 0.3 is 5.97 Å². The van der Waals surface area contributed by atoms with Crippen LogP contribution in [0.2, 0.25) is 0 Å². The smallest absolute Gasteiger partial charge is 0.325 e. The minimum Gasteiger partial charge on any atom is -0.419 e. The number of ether oxygens (including phenoxy) is 1. The number of thiol groups is 3. The molecule has 0 saturated carbocycles. The standard InChI is InChI=1S/C33H27F5O2S2.C22H29NOS2.C2H7NS/c1-33(2,23-16-10-5-11-17-23)19-22(20-12-6-3-7-13-20)18-24(42-32(41)21-14-8-4-9-15-21)31(39)40-30-28(37)26(35)25(34)27(36)29(30)38;1-22(2,19-11-7-4-8-12-19)16-18(17-9-5-3-6-10-17)15-20(26)21(24)23-13-14-25;3-1-2-4/h3-17,22,24H,18-19H2,1-2H3;3-12,18,20,25-26H,13-16H2,1-2H3,(H,23,24);4H,1-3H2. The number of benzene rings is 6. The Labute approximate surface area is 447 Å². The van der Waals surface area contributed by atoms with E-state index >= 15 is 0 Å². The third-order valence-electron chi connectivity index (χ3n) is 11.9. The van der Waals surface area contributed by atoms with Crippen molar-refractivity contribution in [1.29, 1.82) is 0 Å². The number of hydrogen-bond donors (Lipinski definition) is 5. The first-order valence-corrected chi connectivity index (χ1v) is 26.5. The number of rotatable bonds is 20. The first-order chi connectivity index (χ1) is 34.3. The van der Waals surface area contributed by atoms with E-state index in [9.17, 15) is 31.5 Å². The van der Waals surface area contributed by atoms with Crippen LogP contribution in [-0.2, 0) is 20.4 Å². The molecule has 0 bridgehead atoms. The summed E-state index contributed by atoms with van der Waals surface area (Å²) in [6.45, 7) is 9.94. The Bertz CT molecular complexity index is 2570. The van der Waals surface area contributed by atoms with E-state index in [0.717, 1.165) is 35.1 Å².